The van der Waals surface area contributed by atoms with Crippen molar-refractivity contribution >= 4 is 34.6 Å². The van der Waals surface area contributed by atoms with Gasteiger partial charge < -0.3 is 10.2 Å². The van der Waals surface area contributed by atoms with Crippen LogP contribution in [-0.4, -0.2) is 44.5 Å². The fourth-order valence-electron chi connectivity index (χ4n) is 4.50. The SMILES string of the molecule is CSc1ccccc1C(=O)NCc1c(C)ncc2c1CCN(C(=O)c1ccc3nccnc3c1)C2. The van der Waals surface area contributed by atoms with Gasteiger partial charge in [0, 0.05) is 54.4 Å². The molecule has 2 amide bonds. The summed E-state index contributed by atoms with van der Waals surface area (Å²) in [5, 5.41) is 3.07. The third-order valence-electron chi connectivity index (χ3n) is 6.38. The van der Waals surface area contributed by atoms with E-state index in [1.54, 1.807) is 36.3 Å². The summed E-state index contributed by atoms with van der Waals surface area (Å²) in [5.41, 5.74) is 6.86. The van der Waals surface area contributed by atoms with Crippen LogP contribution in [0.15, 0.2) is 66.0 Å². The van der Waals surface area contributed by atoms with Crippen molar-refractivity contribution in [1.29, 1.82) is 0 Å². The predicted octanol–water partition coefficient (Wildman–Crippen LogP) is 4.18. The van der Waals surface area contributed by atoms with E-state index in [9.17, 15) is 9.59 Å². The van der Waals surface area contributed by atoms with E-state index >= 15 is 0 Å². The molecule has 5 rings (SSSR count). The van der Waals surface area contributed by atoms with E-state index in [-0.39, 0.29) is 11.8 Å². The quantitative estimate of drug-likeness (QED) is 0.429. The van der Waals surface area contributed by atoms with Crippen molar-refractivity contribution in [2.75, 3.05) is 12.8 Å². The number of aromatic nitrogens is 3. The van der Waals surface area contributed by atoms with E-state index in [0.29, 0.717) is 42.7 Å². The number of carbonyl (C=O) groups excluding carboxylic acids is 2. The zero-order valence-corrected chi connectivity index (χ0v) is 20.4. The van der Waals surface area contributed by atoms with E-state index < -0.39 is 0 Å². The van der Waals surface area contributed by atoms with E-state index in [1.165, 1.54) is 5.56 Å². The largest absolute Gasteiger partial charge is 0.348 e. The summed E-state index contributed by atoms with van der Waals surface area (Å²) in [6, 6.07) is 13.0. The van der Waals surface area contributed by atoms with Crippen molar-refractivity contribution in [3.63, 3.8) is 0 Å². The van der Waals surface area contributed by atoms with Gasteiger partial charge >= 0.3 is 0 Å². The normalized spacial score (nSPS) is 12.9. The summed E-state index contributed by atoms with van der Waals surface area (Å²) in [6.45, 7) is 3.45. The molecule has 2 aromatic carbocycles. The van der Waals surface area contributed by atoms with Gasteiger partial charge in [0.25, 0.3) is 11.8 Å². The molecule has 8 heteroatoms. The molecule has 1 N–H and O–H groups in total. The van der Waals surface area contributed by atoms with Gasteiger partial charge in [-0.3, -0.25) is 24.5 Å². The molecule has 2 aromatic heterocycles. The number of carbonyl (C=O) groups is 2. The van der Waals surface area contributed by atoms with Gasteiger partial charge in [-0.25, -0.2) is 0 Å². The molecule has 0 fully saturated rings. The summed E-state index contributed by atoms with van der Waals surface area (Å²) in [4.78, 5) is 42.0. The molecule has 1 aliphatic heterocycles. The minimum Gasteiger partial charge on any atom is -0.348 e. The third-order valence-corrected chi connectivity index (χ3v) is 7.17. The lowest BCUT2D eigenvalue weighted by Gasteiger charge is -2.30. The number of rotatable bonds is 5. The Kier molecular flexibility index (Phi) is 6.46. The Balaban J connectivity index is 1.33. The van der Waals surface area contributed by atoms with Crippen LogP contribution in [0.25, 0.3) is 11.0 Å². The molecule has 35 heavy (non-hydrogen) atoms. The average molecular weight is 484 g/mol. The first kappa shape index (κ1) is 23.0. The van der Waals surface area contributed by atoms with E-state index in [1.807, 2.05) is 54.6 Å². The lowest BCUT2D eigenvalue weighted by atomic mass is 9.94. The highest BCUT2D eigenvalue weighted by Crippen LogP contribution is 2.26. The van der Waals surface area contributed by atoms with Crippen LogP contribution in [0.3, 0.4) is 0 Å². The van der Waals surface area contributed by atoms with Gasteiger partial charge in [0.2, 0.25) is 0 Å². The van der Waals surface area contributed by atoms with Crippen LogP contribution in [0.2, 0.25) is 0 Å². The first-order valence-electron chi connectivity index (χ1n) is 11.4. The zero-order valence-electron chi connectivity index (χ0n) is 19.6. The minimum atomic E-state index is -0.0982. The standard InChI is InChI=1S/C27H25N5O2S/c1-17-22(15-31-26(33)21-5-3-4-6-25(21)35-2)20-9-12-32(16-19(20)14-30-17)27(34)18-7-8-23-24(13-18)29-11-10-28-23/h3-8,10-11,13-14H,9,12,15-16H2,1-2H3,(H,31,33). The monoisotopic (exact) mass is 483 g/mol. The predicted molar refractivity (Wildman–Crippen MR) is 136 cm³/mol. The van der Waals surface area contributed by atoms with Gasteiger partial charge in [-0.2, -0.15) is 0 Å². The first-order valence-corrected chi connectivity index (χ1v) is 12.6. The molecule has 0 bridgehead atoms. The number of pyridine rings is 1. The van der Waals surface area contributed by atoms with E-state index in [2.05, 4.69) is 20.3 Å². The Labute approximate surface area is 208 Å². The summed E-state index contributed by atoms with van der Waals surface area (Å²) < 4.78 is 0. The fraction of sp³-hybridized carbons (Fsp3) is 0.222. The molecule has 4 aromatic rings. The van der Waals surface area contributed by atoms with E-state index in [4.69, 9.17) is 0 Å². The van der Waals surface area contributed by atoms with Gasteiger partial charge in [-0.15, -0.1) is 11.8 Å². The van der Waals surface area contributed by atoms with Gasteiger partial charge in [0.05, 0.1) is 16.6 Å². The van der Waals surface area contributed by atoms with Gasteiger partial charge in [0.1, 0.15) is 0 Å². The van der Waals surface area contributed by atoms with Crippen LogP contribution in [0.4, 0.5) is 0 Å². The van der Waals surface area contributed by atoms with E-state index in [0.717, 1.165) is 27.2 Å². The Morgan fingerprint density at radius 2 is 1.86 bits per heavy atom. The summed E-state index contributed by atoms with van der Waals surface area (Å²) >= 11 is 1.55. The Bertz CT molecular complexity index is 1440. The summed E-state index contributed by atoms with van der Waals surface area (Å²) in [6.07, 6.45) is 7.80. The second-order valence-corrected chi connectivity index (χ2v) is 9.29. The Morgan fingerprint density at radius 1 is 1.06 bits per heavy atom. The van der Waals surface area contributed by atoms with Gasteiger partial charge in [-0.05, 0) is 66.6 Å². The average Bonchev–Trinajstić information content (AvgIpc) is 2.91. The number of hydrogen-bond acceptors (Lipinski definition) is 6. The Morgan fingerprint density at radius 3 is 2.69 bits per heavy atom. The molecule has 0 radical (unpaired) electrons. The summed E-state index contributed by atoms with van der Waals surface area (Å²) in [7, 11) is 0. The maximum Gasteiger partial charge on any atom is 0.254 e. The maximum atomic E-state index is 13.2. The highest BCUT2D eigenvalue weighted by Gasteiger charge is 2.25. The van der Waals surface area contributed by atoms with Crippen LogP contribution in [-0.2, 0) is 19.5 Å². The van der Waals surface area contributed by atoms with Crippen LogP contribution in [0, 0.1) is 6.92 Å². The number of thioether (sulfide) groups is 1. The number of benzene rings is 2. The molecule has 176 valence electrons. The Hall–Kier alpha value is -3.78. The number of nitrogens with one attached hydrogen (secondary N) is 1. The van der Waals surface area contributed by atoms with Crippen molar-refractivity contribution in [1.82, 2.24) is 25.2 Å². The number of fused-ring (bicyclic) bond motifs is 2. The molecule has 0 saturated carbocycles. The molecule has 3 heterocycles. The lowest BCUT2D eigenvalue weighted by Crippen LogP contribution is -2.37. The molecular weight excluding hydrogens is 458 g/mol. The second-order valence-electron chi connectivity index (χ2n) is 8.45. The van der Waals surface area contributed by atoms with Gasteiger partial charge in [-0.1, -0.05) is 12.1 Å². The molecule has 0 spiro atoms. The van der Waals surface area contributed by atoms with Crippen LogP contribution in [0.1, 0.15) is 43.1 Å². The molecule has 0 unspecified atom stereocenters. The van der Waals surface area contributed by atoms with Gasteiger partial charge in [0.15, 0.2) is 0 Å². The topological polar surface area (TPSA) is 88.1 Å². The molecular formula is C27H25N5O2S. The molecule has 1 aliphatic rings. The smallest absolute Gasteiger partial charge is 0.254 e. The number of nitrogens with zero attached hydrogens (tertiary/aromatic N) is 4. The van der Waals surface area contributed by atoms with Crippen molar-refractivity contribution in [3.8, 4) is 0 Å². The zero-order chi connectivity index (χ0) is 24.4. The van der Waals surface area contributed by atoms with Crippen LogP contribution < -0.4 is 5.32 Å². The maximum absolute atomic E-state index is 13.2. The highest BCUT2D eigenvalue weighted by atomic mass is 32.2. The molecule has 0 saturated heterocycles. The summed E-state index contributed by atoms with van der Waals surface area (Å²) in [5.74, 6) is -0.133. The molecule has 7 nitrogen and oxygen atoms in total. The number of aryl methyl sites for hydroxylation is 1. The van der Waals surface area contributed by atoms with Crippen molar-refractivity contribution in [2.24, 2.45) is 0 Å². The van der Waals surface area contributed by atoms with Crippen LogP contribution in [0.5, 0.6) is 0 Å². The first-order chi connectivity index (χ1) is 17.0. The molecule has 0 atom stereocenters. The highest BCUT2D eigenvalue weighted by molar-refractivity contribution is 7.98. The third kappa shape index (κ3) is 4.61. The van der Waals surface area contributed by atoms with Crippen LogP contribution >= 0.6 is 11.8 Å². The lowest BCUT2D eigenvalue weighted by molar-refractivity contribution is 0.0734. The fourth-order valence-corrected chi connectivity index (χ4v) is 5.10. The second kappa shape index (κ2) is 9.84. The molecule has 0 aliphatic carbocycles. The number of amides is 2. The van der Waals surface area contributed by atoms with Crippen molar-refractivity contribution in [2.45, 2.75) is 31.3 Å². The number of hydrogen-bond donors (Lipinski definition) is 1. The van der Waals surface area contributed by atoms with Crippen molar-refractivity contribution < 1.29 is 9.59 Å². The minimum absolute atomic E-state index is 0.0349. The van der Waals surface area contributed by atoms with Crippen molar-refractivity contribution in [3.05, 3.63) is 94.6 Å².